The van der Waals surface area contributed by atoms with Gasteiger partial charge in [0.15, 0.2) is 0 Å². The Morgan fingerprint density at radius 2 is 1.82 bits per heavy atom. The van der Waals surface area contributed by atoms with E-state index in [1.54, 1.807) is 0 Å². The highest BCUT2D eigenvalue weighted by Gasteiger charge is 2.24. The van der Waals surface area contributed by atoms with E-state index < -0.39 is 0 Å². The van der Waals surface area contributed by atoms with Gasteiger partial charge in [-0.2, -0.15) is 0 Å². The van der Waals surface area contributed by atoms with Gasteiger partial charge in [-0.3, -0.25) is 9.59 Å². The van der Waals surface area contributed by atoms with Gasteiger partial charge in [0.25, 0.3) is 0 Å². The Labute approximate surface area is 136 Å². The summed E-state index contributed by atoms with van der Waals surface area (Å²) < 4.78 is 0. The molecule has 0 unspecified atom stereocenters. The van der Waals surface area contributed by atoms with Gasteiger partial charge in [-0.05, 0) is 37.8 Å². The average Bonchev–Trinajstić information content (AvgIpc) is 2.87. The van der Waals surface area contributed by atoms with Crippen molar-refractivity contribution >= 4 is 29.3 Å². The van der Waals surface area contributed by atoms with Crippen LogP contribution in [-0.4, -0.2) is 29.4 Å². The second-order valence-corrected chi connectivity index (χ2v) is 6.97. The summed E-state index contributed by atoms with van der Waals surface area (Å²) in [5, 5.41) is 5.90. The molecule has 0 aliphatic heterocycles. The predicted molar refractivity (Wildman–Crippen MR) is 92.1 cm³/mol. The quantitative estimate of drug-likeness (QED) is 0.847. The molecular formula is C17H24N2O2S. The van der Waals surface area contributed by atoms with Crippen LogP contribution in [0.3, 0.4) is 0 Å². The number of aryl methyl sites for hydroxylation is 1. The van der Waals surface area contributed by atoms with Crippen molar-refractivity contribution in [2.75, 3.05) is 16.8 Å². The van der Waals surface area contributed by atoms with Gasteiger partial charge < -0.3 is 10.6 Å². The molecule has 1 aromatic carbocycles. The van der Waals surface area contributed by atoms with Gasteiger partial charge in [0.2, 0.25) is 11.8 Å². The molecule has 0 bridgehead atoms. The van der Waals surface area contributed by atoms with E-state index in [4.69, 9.17) is 0 Å². The highest BCUT2D eigenvalue weighted by Crippen LogP contribution is 2.24. The molecule has 120 valence electrons. The van der Waals surface area contributed by atoms with Crippen LogP contribution < -0.4 is 10.6 Å². The number of anilines is 1. The molecule has 1 aliphatic rings. The highest BCUT2D eigenvalue weighted by molar-refractivity contribution is 8.00. The fourth-order valence-corrected chi connectivity index (χ4v) is 3.31. The first-order valence-electron chi connectivity index (χ1n) is 7.78. The lowest BCUT2D eigenvalue weighted by Gasteiger charge is -2.16. The molecule has 4 nitrogen and oxygen atoms in total. The lowest BCUT2D eigenvalue weighted by molar-refractivity contribution is -0.119. The minimum absolute atomic E-state index is 0.0342. The number of nitrogens with one attached hydrogen (secondary N) is 2. The number of hydrogen-bond donors (Lipinski definition) is 2. The first-order valence-corrected chi connectivity index (χ1v) is 8.93. The molecule has 0 saturated heterocycles. The summed E-state index contributed by atoms with van der Waals surface area (Å²) in [6, 6.07) is 7.99. The first-order chi connectivity index (χ1) is 10.5. The summed E-state index contributed by atoms with van der Waals surface area (Å²) in [4.78, 5) is 23.7. The summed E-state index contributed by atoms with van der Waals surface area (Å²) >= 11 is 1.35. The standard InChI is InChI=1S/C17H24N2O2S/c1-12-6-8-14(9-7-12)18-16(20)10-22-11-17(21)19-15-5-3-4-13(15)2/h6-9,13,15H,3-5,10-11H2,1-2H3,(H,18,20)(H,19,21)/t13-,15+/m0/s1. The second-order valence-electron chi connectivity index (χ2n) is 5.99. The van der Waals surface area contributed by atoms with Gasteiger partial charge in [-0.15, -0.1) is 11.8 Å². The maximum Gasteiger partial charge on any atom is 0.234 e. The second kappa shape index (κ2) is 8.22. The van der Waals surface area contributed by atoms with Crippen LogP contribution in [0.5, 0.6) is 0 Å². The highest BCUT2D eigenvalue weighted by atomic mass is 32.2. The average molecular weight is 320 g/mol. The van der Waals surface area contributed by atoms with Crippen LogP contribution in [0.4, 0.5) is 5.69 Å². The summed E-state index contributed by atoms with van der Waals surface area (Å²) in [5.74, 6) is 1.16. The Kier molecular flexibility index (Phi) is 6.31. The zero-order chi connectivity index (χ0) is 15.9. The van der Waals surface area contributed by atoms with Gasteiger partial charge in [-0.25, -0.2) is 0 Å². The van der Waals surface area contributed by atoms with Gasteiger partial charge >= 0.3 is 0 Å². The normalized spacial score (nSPS) is 20.6. The van der Waals surface area contributed by atoms with Crippen LogP contribution in [0.25, 0.3) is 0 Å². The van der Waals surface area contributed by atoms with Crippen LogP contribution in [0, 0.1) is 12.8 Å². The number of benzene rings is 1. The molecule has 0 heterocycles. The van der Waals surface area contributed by atoms with Crippen molar-refractivity contribution in [2.45, 2.75) is 39.2 Å². The van der Waals surface area contributed by atoms with Crippen LogP contribution in [0.15, 0.2) is 24.3 Å². The molecule has 2 N–H and O–H groups in total. The molecule has 1 fully saturated rings. The monoisotopic (exact) mass is 320 g/mol. The summed E-state index contributed by atoms with van der Waals surface area (Å²) in [7, 11) is 0. The van der Waals surface area contributed by atoms with Crippen molar-refractivity contribution in [2.24, 2.45) is 5.92 Å². The topological polar surface area (TPSA) is 58.2 Å². The van der Waals surface area contributed by atoms with Crippen LogP contribution in [-0.2, 0) is 9.59 Å². The van der Waals surface area contributed by atoms with Crippen LogP contribution in [0.2, 0.25) is 0 Å². The molecule has 2 atom stereocenters. The smallest absolute Gasteiger partial charge is 0.234 e. The third-order valence-electron chi connectivity index (χ3n) is 4.01. The molecule has 22 heavy (non-hydrogen) atoms. The third kappa shape index (κ3) is 5.37. The van der Waals surface area contributed by atoms with Crippen molar-refractivity contribution in [3.05, 3.63) is 29.8 Å². The molecule has 0 radical (unpaired) electrons. The predicted octanol–water partition coefficient (Wildman–Crippen LogP) is 2.97. The van der Waals surface area contributed by atoms with E-state index in [9.17, 15) is 9.59 Å². The van der Waals surface area contributed by atoms with E-state index in [0.717, 1.165) is 17.7 Å². The van der Waals surface area contributed by atoms with Crippen molar-refractivity contribution in [1.82, 2.24) is 5.32 Å². The minimum Gasteiger partial charge on any atom is -0.352 e. The SMILES string of the molecule is Cc1ccc(NC(=O)CSCC(=O)N[C@@H]2CCC[C@@H]2C)cc1. The Morgan fingerprint density at radius 3 is 2.45 bits per heavy atom. The molecule has 1 saturated carbocycles. The van der Waals surface area contributed by atoms with E-state index >= 15 is 0 Å². The van der Waals surface area contributed by atoms with E-state index in [0.29, 0.717) is 23.5 Å². The minimum atomic E-state index is -0.0733. The number of rotatable bonds is 6. The number of amides is 2. The Bertz CT molecular complexity index is 516. The molecule has 5 heteroatoms. The zero-order valence-electron chi connectivity index (χ0n) is 13.2. The van der Waals surface area contributed by atoms with Gasteiger partial charge in [-0.1, -0.05) is 31.0 Å². The third-order valence-corrected chi connectivity index (χ3v) is 4.94. The molecule has 0 aromatic heterocycles. The van der Waals surface area contributed by atoms with Crippen LogP contribution >= 0.6 is 11.8 Å². The maximum absolute atomic E-state index is 11.9. The Morgan fingerprint density at radius 1 is 1.14 bits per heavy atom. The van der Waals surface area contributed by atoms with Crippen molar-refractivity contribution in [3.8, 4) is 0 Å². The van der Waals surface area contributed by atoms with Crippen LogP contribution in [0.1, 0.15) is 31.7 Å². The first kappa shape index (κ1) is 16.9. The van der Waals surface area contributed by atoms with E-state index in [2.05, 4.69) is 17.6 Å². The summed E-state index contributed by atoms with van der Waals surface area (Å²) in [5.41, 5.74) is 1.95. The lowest BCUT2D eigenvalue weighted by atomic mass is 10.1. The fourth-order valence-electron chi connectivity index (χ4n) is 2.68. The zero-order valence-corrected chi connectivity index (χ0v) is 14.0. The molecule has 2 rings (SSSR count). The number of hydrogen-bond acceptors (Lipinski definition) is 3. The van der Waals surface area contributed by atoms with Gasteiger partial charge in [0.1, 0.15) is 0 Å². The number of carbonyl (C=O) groups is 2. The Balaban J connectivity index is 1.64. The van der Waals surface area contributed by atoms with Gasteiger partial charge in [0, 0.05) is 11.7 Å². The van der Waals surface area contributed by atoms with Gasteiger partial charge in [0.05, 0.1) is 11.5 Å². The lowest BCUT2D eigenvalue weighted by Crippen LogP contribution is -2.37. The van der Waals surface area contributed by atoms with Crippen molar-refractivity contribution < 1.29 is 9.59 Å². The molecular weight excluding hydrogens is 296 g/mol. The molecule has 1 aromatic rings. The molecule has 0 spiro atoms. The summed E-state index contributed by atoms with van der Waals surface area (Å²) in [6.45, 7) is 4.19. The molecule has 1 aliphatic carbocycles. The van der Waals surface area contributed by atoms with E-state index in [1.807, 2.05) is 31.2 Å². The number of carbonyl (C=O) groups excluding carboxylic acids is 2. The van der Waals surface area contributed by atoms with E-state index in [1.165, 1.54) is 24.6 Å². The summed E-state index contributed by atoms with van der Waals surface area (Å²) in [6.07, 6.45) is 3.46. The number of thioether (sulfide) groups is 1. The van der Waals surface area contributed by atoms with E-state index in [-0.39, 0.29) is 11.8 Å². The maximum atomic E-state index is 11.9. The Hall–Kier alpha value is -1.49. The van der Waals surface area contributed by atoms with Crippen molar-refractivity contribution in [1.29, 1.82) is 0 Å². The van der Waals surface area contributed by atoms with Crippen molar-refractivity contribution in [3.63, 3.8) is 0 Å². The molecule has 2 amide bonds. The largest absolute Gasteiger partial charge is 0.352 e. The fraction of sp³-hybridized carbons (Fsp3) is 0.529.